The largest absolute Gasteiger partial charge is 0.394 e. The molecule has 1 aromatic rings. The van der Waals surface area contributed by atoms with Gasteiger partial charge in [-0.2, -0.15) is 0 Å². The minimum atomic E-state index is -0.0866. The fourth-order valence-electron chi connectivity index (χ4n) is 2.78. The van der Waals surface area contributed by atoms with Crippen molar-refractivity contribution in [1.82, 2.24) is 4.90 Å². The standard InChI is InChI=1S/C16H26N2O/c1-13(2)14-5-7-15(8-6-14)18-10-9-16(11-18,12-19)17(3)4/h5-8,13,19H,9-12H2,1-4H3. The van der Waals surface area contributed by atoms with E-state index in [0.29, 0.717) is 5.92 Å². The molecule has 1 aromatic carbocycles. The molecule has 1 heterocycles. The second-order valence-electron chi connectivity index (χ2n) is 6.19. The molecule has 19 heavy (non-hydrogen) atoms. The second-order valence-corrected chi connectivity index (χ2v) is 6.19. The summed E-state index contributed by atoms with van der Waals surface area (Å²) in [5.41, 5.74) is 2.56. The number of benzene rings is 1. The highest BCUT2D eigenvalue weighted by Crippen LogP contribution is 2.30. The van der Waals surface area contributed by atoms with Crippen LogP contribution in [-0.2, 0) is 0 Å². The van der Waals surface area contributed by atoms with E-state index in [9.17, 15) is 5.11 Å². The monoisotopic (exact) mass is 262 g/mol. The Morgan fingerprint density at radius 3 is 2.32 bits per heavy atom. The predicted octanol–water partition coefficient (Wildman–Crippen LogP) is 2.31. The van der Waals surface area contributed by atoms with Crippen molar-refractivity contribution in [1.29, 1.82) is 0 Å². The number of anilines is 1. The third kappa shape index (κ3) is 2.77. The molecule has 2 rings (SSSR count). The van der Waals surface area contributed by atoms with Crippen LogP contribution < -0.4 is 4.90 Å². The number of aliphatic hydroxyl groups excluding tert-OH is 1. The van der Waals surface area contributed by atoms with Crippen LogP contribution in [-0.4, -0.2) is 49.3 Å². The van der Waals surface area contributed by atoms with Crippen molar-refractivity contribution < 1.29 is 5.11 Å². The maximum atomic E-state index is 9.70. The molecule has 1 atom stereocenters. The normalized spacial score (nSPS) is 23.6. The van der Waals surface area contributed by atoms with E-state index in [1.807, 2.05) is 0 Å². The van der Waals surface area contributed by atoms with Crippen molar-refractivity contribution in [2.24, 2.45) is 0 Å². The van der Waals surface area contributed by atoms with Gasteiger partial charge in [-0.3, -0.25) is 4.90 Å². The molecule has 1 fully saturated rings. The van der Waals surface area contributed by atoms with Gasteiger partial charge in [0.15, 0.2) is 0 Å². The van der Waals surface area contributed by atoms with Crippen LogP contribution in [0.25, 0.3) is 0 Å². The highest BCUT2D eigenvalue weighted by molar-refractivity contribution is 5.50. The van der Waals surface area contributed by atoms with E-state index in [1.54, 1.807) is 0 Å². The highest BCUT2D eigenvalue weighted by Gasteiger charge is 2.39. The van der Waals surface area contributed by atoms with Gasteiger partial charge < -0.3 is 10.0 Å². The minimum Gasteiger partial charge on any atom is -0.394 e. The lowest BCUT2D eigenvalue weighted by atomic mass is 9.98. The number of nitrogens with zero attached hydrogens (tertiary/aromatic N) is 2. The molecule has 3 nitrogen and oxygen atoms in total. The summed E-state index contributed by atoms with van der Waals surface area (Å²) in [6.45, 7) is 6.57. The van der Waals surface area contributed by atoms with E-state index >= 15 is 0 Å². The van der Waals surface area contributed by atoms with Crippen LogP contribution in [0.2, 0.25) is 0 Å². The first-order valence-electron chi connectivity index (χ1n) is 7.12. The third-order valence-corrected chi connectivity index (χ3v) is 4.50. The molecule has 1 N–H and O–H groups in total. The van der Waals surface area contributed by atoms with Crippen LogP contribution >= 0.6 is 0 Å². The topological polar surface area (TPSA) is 26.7 Å². The van der Waals surface area contributed by atoms with Gasteiger partial charge >= 0.3 is 0 Å². The molecule has 0 saturated carbocycles. The van der Waals surface area contributed by atoms with E-state index < -0.39 is 0 Å². The Morgan fingerprint density at radius 1 is 1.26 bits per heavy atom. The van der Waals surface area contributed by atoms with Crippen LogP contribution in [0, 0.1) is 0 Å². The van der Waals surface area contributed by atoms with Gasteiger partial charge in [0.2, 0.25) is 0 Å². The van der Waals surface area contributed by atoms with Crippen LogP contribution in [0.1, 0.15) is 31.7 Å². The average molecular weight is 262 g/mol. The molecule has 0 aromatic heterocycles. The molecule has 0 aliphatic carbocycles. The zero-order chi connectivity index (χ0) is 14.0. The van der Waals surface area contributed by atoms with Gasteiger partial charge in [0.05, 0.1) is 12.1 Å². The first-order chi connectivity index (χ1) is 8.98. The molecule has 3 heteroatoms. The number of aliphatic hydroxyl groups is 1. The first kappa shape index (κ1) is 14.4. The van der Waals surface area contributed by atoms with Gasteiger partial charge in [-0.05, 0) is 44.1 Å². The molecule has 106 valence electrons. The molecule has 1 aliphatic heterocycles. The molecule has 0 bridgehead atoms. The van der Waals surface area contributed by atoms with Crippen LogP contribution in [0.3, 0.4) is 0 Å². The molecular formula is C16H26N2O. The van der Waals surface area contributed by atoms with E-state index in [4.69, 9.17) is 0 Å². The number of likely N-dealkylation sites (N-methyl/N-ethyl adjacent to an activating group) is 1. The minimum absolute atomic E-state index is 0.0866. The van der Waals surface area contributed by atoms with Gasteiger partial charge in [-0.25, -0.2) is 0 Å². The number of rotatable bonds is 4. The summed E-state index contributed by atoms with van der Waals surface area (Å²) in [7, 11) is 4.11. The smallest absolute Gasteiger partial charge is 0.0633 e. The third-order valence-electron chi connectivity index (χ3n) is 4.50. The predicted molar refractivity (Wildman–Crippen MR) is 80.9 cm³/mol. The fraction of sp³-hybridized carbons (Fsp3) is 0.625. The summed E-state index contributed by atoms with van der Waals surface area (Å²) in [5, 5.41) is 9.70. The Morgan fingerprint density at radius 2 is 1.89 bits per heavy atom. The molecule has 0 amide bonds. The summed E-state index contributed by atoms with van der Waals surface area (Å²) < 4.78 is 0. The summed E-state index contributed by atoms with van der Waals surface area (Å²) in [4.78, 5) is 4.54. The Labute approximate surface area is 116 Å². The Balaban J connectivity index is 2.12. The summed E-state index contributed by atoms with van der Waals surface area (Å²) in [6, 6.07) is 8.85. The maximum absolute atomic E-state index is 9.70. The molecule has 0 radical (unpaired) electrons. The van der Waals surface area contributed by atoms with Gasteiger partial charge in [0, 0.05) is 18.8 Å². The van der Waals surface area contributed by atoms with Crippen LogP contribution in [0.15, 0.2) is 24.3 Å². The van der Waals surface area contributed by atoms with E-state index in [-0.39, 0.29) is 12.1 Å². The maximum Gasteiger partial charge on any atom is 0.0633 e. The zero-order valence-corrected chi connectivity index (χ0v) is 12.6. The second kappa shape index (κ2) is 5.51. The van der Waals surface area contributed by atoms with Gasteiger partial charge in [-0.15, -0.1) is 0 Å². The quantitative estimate of drug-likeness (QED) is 0.902. The van der Waals surface area contributed by atoms with Crippen LogP contribution in [0.5, 0.6) is 0 Å². The highest BCUT2D eigenvalue weighted by atomic mass is 16.3. The molecule has 0 spiro atoms. The Bertz CT molecular complexity index is 413. The molecule has 1 unspecified atom stereocenters. The summed E-state index contributed by atoms with van der Waals surface area (Å²) >= 11 is 0. The number of hydrogen-bond donors (Lipinski definition) is 1. The van der Waals surface area contributed by atoms with Gasteiger partial charge in [-0.1, -0.05) is 26.0 Å². The zero-order valence-electron chi connectivity index (χ0n) is 12.6. The van der Waals surface area contributed by atoms with E-state index in [0.717, 1.165) is 19.5 Å². The Hall–Kier alpha value is -1.06. The van der Waals surface area contributed by atoms with Crippen molar-refractivity contribution in [2.75, 3.05) is 38.7 Å². The first-order valence-corrected chi connectivity index (χ1v) is 7.12. The molecular weight excluding hydrogens is 236 g/mol. The van der Waals surface area contributed by atoms with Crippen molar-refractivity contribution in [3.63, 3.8) is 0 Å². The number of hydrogen-bond acceptors (Lipinski definition) is 3. The Kier molecular flexibility index (Phi) is 4.16. The lowest BCUT2D eigenvalue weighted by Crippen LogP contribution is -2.49. The lowest BCUT2D eigenvalue weighted by molar-refractivity contribution is 0.0867. The summed E-state index contributed by atoms with van der Waals surface area (Å²) in [6.07, 6.45) is 1.02. The molecule has 1 aliphatic rings. The van der Waals surface area contributed by atoms with Gasteiger partial charge in [0.1, 0.15) is 0 Å². The van der Waals surface area contributed by atoms with Crippen molar-refractivity contribution >= 4 is 5.69 Å². The lowest BCUT2D eigenvalue weighted by Gasteiger charge is -2.34. The fourth-order valence-corrected chi connectivity index (χ4v) is 2.78. The van der Waals surface area contributed by atoms with E-state index in [2.05, 4.69) is 62.0 Å². The van der Waals surface area contributed by atoms with Crippen LogP contribution in [0.4, 0.5) is 5.69 Å². The van der Waals surface area contributed by atoms with Gasteiger partial charge in [0.25, 0.3) is 0 Å². The van der Waals surface area contributed by atoms with E-state index in [1.165, 1.54) is 11.3 Å². The SMILES string of the molecule is CC(C)c1ccc(N2CCC(CO)(N(C)C)C2)cc1. The van der Waals surface area contributed by atoms with Crippen molar-refractivity contribution in [3.05, 3.63) is 29.8 Å². The summed E-state index contributed by atoms with van der Waals surface area (Å²) in [5.74, 6) is 0.575. The van der Waals surface area contributed by atoms with Crippen molar-refractivity contribution in [3.8, 4) is 0 Å². The molecule has 1 saturated heterocycles. The average Bonchev–Trinajstić information content (AvgIpc) is 2.84. The van der Waals surface area contributed by atoms with Crippen molar-refractivity contribution in [2.45, 2.75) is 31.7 Å².